The maximum absolute atomic E-state index is 11.6. The molecule has 2 N–H and O–H groups in total. The van der Waals surface area contributed by atoms with E-state index in [-0.39, 0.29) is 23.3 Å². The zero-order chi connectivity index (χ0) is 18.5. The smallest absolute Gasteiger partial charge is 0.284 e. The number of likely N-dealkylation sites (tertiary alicyclic amines) is 1. The Morgan fingerprint density at radius 1 is 1.42 bits per heavy atom. The van der Waals surface area contributed by atoms with Gasteiger partial charge < -0.3 is 14.9 Å². The van der Waals surface area contributed by atoms with Gasteiger partial charge in [0.1, 0.15) is 5.76 Å². The Morgan fingerprint density at radius 2 is 2.23 bits per heavy atom. The standard InChI is InChI=1S/C18H25N5O3/c1-18(2,3)16-11(6-15(26-16)17(19)24)8-22-5-4-14-13(9-22)23-12(10-25-14)7-20-21-23/h6-7,13-14H,4-5,8-10H2,1-3H3,(H2,19,24)/t13-,14+/m0/s1. The average molecular weight is 359 g/mol. The van der Waals surface area contributed by atoms with E-state index in [1.54, 1.807) is 12.3 Å². The molecule has 2 atom stereocenters. The monoisotopic (exact) mass is 359 g/mol. The third-order valence-corrected chi connectivity index (χ3v) is 5.14. The lowest BCUT2D eigenvalue weighted by Crippen LogP contribution is -2.47. The van der Waals surface area contributed by atoms with Crippen molar-refractivity contribution in [1.82, 2.24) is 19.9 Å². The van der Waals surface area contributed by atoms with Crippen LogP contribution in [0, 0.1) is 0 Å². The summed E-state index contributed by atoms with van der Waals surface area (Å²) in [5.41, 5.74) is 7.25. The van der Waals surface area contributed by atoms with Crippen molar-refractivity contribution in [3.63, 3.8) is 0 Å². The van der Waals surface area contributed by atoms with Crippen molar-refractivity contribution < 1.29 is 13.9 Å². The summed E-state index contributed by atoms with van der Waals surface area (Å²) in [6.45, 7) is 9.24. The van der Waals surface area contributed by atoms with Crippen LogP contribution >= 0.6 is 0 Å². The molecular weight excluding hydrogens is 334 g/mol. The lowest BCUT2D eigenvalue weighted by Gasteiger charge is -2.41. The van der Waals surface area contributed by atoms with E-state index >= 15 is 0 Å². The summed E-state index contributed by atoms with van der Waals surface area (Å²) in [7, 11) is 0. The first-order valence-corrected chi connectivity index (χ1v) is 8.99. The fourth-order valence-electron chi connectivity index (χ4n) is 3.93. The van der Waals surface area contributed by atoms with Crippen LogP contribution in [0.4, 0.5) is 0 Å². The summed E-state index contributed by atoms with van der Waals surface area (Å²) >= 11 is 0. The lowest BCUT2D eigenvalue weighted by atomic mass is 9.90. The molecule has 0 spiro atoms. The van der Waals surface area contributed by atoms with E-state index in [9.17, 15) is 4.79 Å². The van der Waals surface area contributed by atoms with Crippen molar-refractivity contribution in [2.24, 2.45) is 5.73 Å². The molecule has 0 radical (unpaired) electrons. The third-order valence-electron chi connectivity index (χ3n) is 5.14. The maximum Gasteiger partial charge on any atom is 0.284 e. The number of rotatable bonds is 3. The molecule has 2 aromatic rings. The highest BCUT2D eigenvalue weighted by molar-refractivity contribution is 5.90. The van der Waals surface area contributed by atoms with Crippen molar-refractivity contribution >= 4 is 5.91 Å². The molecule has 4 rings (SSSR count). The molecule has 8 heteroatoms. The van der Waals surface area contributed by atoms with Gasteiger partial charge in [-0.1, -0.05) is 26.0 Å². The van der Waals surface area contributed by atoms with Crippen molar-refractivity contribution in [2.45, 2.75) is 57.9 Å². The van der Waals surface area contributed by atoms with E-state index < -0.39 is 5.91 Å². The molecule has 1 amide bonds. The minimum atomic E-state index is -0.534. The van der Waals surface area contributed by atoms with Crippen molar-refractivity contribution in [2.75, 3.05) is 13.1 Å². The highest BCUT2D eigenvalue weighted by Crippen LogP contribution is 2.33. The normalized spacial score (nSPS) is 23.5. The molecule has 2 aliphatic rings. The zero-order valence-electron chi connectivity index (χ0n) is 15.4. The number of hydrogen-bond acceptors (Lipinski definition) is 6. The number of aromatic nitrogens is 3. The van der Waals surface area contributed by atoms with Gasteiger partial charge in [0, 0.05) is 30.6 Å². The number of ether oxygens (including phenoxy) is 1. The highest BCUT2D eigenvalue weighted by atomic mass is 16.5. The number of piperidine rings is 1. The Bertz CT molecular complexity index is 819. The second kappa shape index (κ2) is 6.21. The minimum absolute atomic E-state index is 0.163. The fraction of sp³-hybridized carbons (Fsp3) is 0.611. The third kappa shape index (κ3) is 3.03. The van der Waals surface area contributed by atoms with Crippen molar-refractivity contribution in [1.29, 1.82) is 0 Å². The van der Waals surface area contributed by atoms with Crippen LogP contribution in [0.3, 0.4) is 0 Å². The topological polar surface area (TPSA) is 99.4 Å². The van der Waals surface area contributed by atoms with Gasteiger partial charge in [-0.05, 0) is 12.5 Å². The zero-order valence-corrected chi connectivity index (χ0v) is 15.4. The molecule has 4 heterocycles. The van der Waals surface area contributed by atoms with E-state index in [1.807, 2.05) is 4.68 Å². The van der Waals surface area contributed by atoms with Crippen molar-refractivity contribution in [3.8, 4) is 0 Å². The number of furan rings is 1. The number of carbonyl (C=O) groups excluding carboxylic acids is 1. The second-order valence-corrected chi connectivity index (χ2v) is 8.19. The Balaban J connectivity index is 1.56. The summed E-state index contributed by atoms with van der Waals surface area (Å²) in [4.78, 5) is 13.9. The van der Waals surface area contributed by atoms with Crippen LogP contribution < -0.4 is 5.73 Å². The van der Waals surface area contributed by atoms with Gasteiger partial charge in [0.15, 0.2) is 5.76 Å². The summed E-state index contributed by atoms with van der Waals surface area (Å²) < 4.78 is 13.7. The summed E-state index contributed by atoms with van der Waals surface area (Å²) in [5.74, 6) is 0.502. The molecule has 0 unspecified atom stereocenters. The largest absolute Gasteiger partial charge is 0.455 e. The SMILES string of the molecule is CC(C)(C)c1oc(C(N)=O)cc1CN1CC[C@H]2OCc3cnnn3[C@H]2C1. The number of fused-ring (bicyclic) bond motifs is 3. The van der Waals surface area contributed by atoms with E-state index in [0.29, 0.717) is 13.2 Å². The van der Waals surface area contributed by atoms with Crippen LogP contribution in [-0.4, -0.2) is 45.0 Å². The quantitative estimate of drug-likeness (QED) is 0.894. The molecule has 2 aliphatic heterocycles. The number of nitrogens with zero attached hydrogens (tertiary/aromatic N) is 4. The van der Waals surface area contributed by atoms with Gasteiger partial charge in [-0.25, -0.2) is 4.68 Å². The van der Waals surface area contributed by atoms with E-state index in [4.69, 9.17) is 14.9 Å². The molecular formula is C18H25N5O3. The van der Waals surface area contributed by atoms with Crippen LogP contribution in [-0.2, 0) is 23.3 Å². The molecule has 8 nitrogen and oxygen atoms in total. The predicted octanol–water partition coefficient (Wildman–Crippen LogP) is 1.61. The number of amides is 1. The van der Waals surface area contributed by atoms with Gasteiger partial charge >= 0.3 is 0 Å². The molecule has 140 valence electrons. The van der Waals surface area contributed by atoms with Gasteiger partial charge in [-0.3, -0.25) is 9.69 Å². The number of primary amides is 1. The summed E-state index contributed by atoms with van der Waals surface area (Å²) in [6, 6.07) is 1.95. The highest BCUT2D eigenvalue weighted by Gasteiger charge is 2.37. The first kappa shape index (κ1) is 17.2. The molecule has 0 bridgehead atoms. The molecule has 1 fully saturated rings. The number of carbonyl (C=O) groups is 1. The maximum atomic E-state index is 11.6. The Labute approximate surface area is 152 Å². The lowest BCUT2D eigenvalue weighted by molar-refractivity contribution is -0.0670. The Hall–Kier alpha value is -2.19. The van der Waals surface area contributed by atoms with Gasteiger partial charge in [0.2, 0.25) is 0 Å². The van der Waals surface area contributed by atoms with Gasteiger partial charge in [-0.15, -0.1) is 5.10 Å². The van der Waals surface area contributed by atoms with Gasteiger partial charge in [0.05, 0.1) is 30.6 Å². The number of hydrogen-bond donors (Lipinski definition) is 1. The van der Waals surface area contributed by atoms with E-state index in [2.05, 4.69) is 36.0 Å². The van der Waals surface area contributed by atoms with Gasteiger partial charge in [0.25, 0.3) is 5.91 Å². The van der Waals surface area contributed by atoms with Crippen LogP contribution in [0.5, 0.6) is 0 Å². The molecule has 0 aromatic carbocycles. The fourth-order valence-corrected chi connectivity index (χ4v) is 3.93. The minimum Gasteiger partial charge on any atom is -0.455 e. The average Bonchev–Trinajstić information content (AvgIpc) is 3.21. The van der Waals surface area contributed by atoms with Crippen LogP contribution in [0.25, 0.3) is 0 Å². The first-order valence-electron chi connectivity index (χ1n) is 8.99. The molecule has 0 saturated carbocycles. The van der Waals surface area contributed by atoms with E-state index in [1.165, 1.54) is 0 Å². The van der Waals surface area contributed by atoms with Crippen molar-refractivity contribution in [3.05, 3.63) is 35.0 Å². The molecule has 26 heavy (non-hydrogen) atoms. The van der Waals surface area contributed by atoms with Crippen LogP contribution in [0.15, 0.2) is 16.7 Å². The van der Waals surface area contributed by atoms with Crippen LogP contribution in [0.1, 0.15) is 60.8 Å². The molecule has 0 aliphatic carbocycles. The summed E-state index contributed by atoms with van der Waals surface area (Å²) in [5, 5.41) is 8.27. The predicted molar refractivity (Wildman–Crippen MR) is 93.5 cm³/mol. The van der Waals surface area contributed by atoms with Crippen LogP contribution in [0.2, 0.25) is 0 Å². The summed E-state index contributed by atoms with van der Waals surface area (Å²) in [6.07, 6.45) is 2.88. The Kier molecular flexibility index (Phi) is 4.11. The van der Waals surface area contributed by atoms with E-state index in [0.717, 1.165) is 36.5 Å². The van der Waals surface area contributed by atoms with Gasteiger partial charge in [-0.2, -0.15) is 0 Å². The number of nitrogens with two attached hydrogens (primary N) is 1. The second-order valence-electron chi connectivity index (χ2n) is 8.19. The molecule has 2 aromatic heterocycles. The molecule has 1 saturated heterocycles. The Morgan fingerprint density at radius 3 is 2.96 bits per heavy atom. The first-order chi connectivity index (χ1) is 12.3.